The number of esters is 1. The van der Waals surface area contributed by atoms with Crippen LogP contribution in [0.4, 0.5) is 0 Å². The lowest BCUT2D eigenvalue weighted by Crippen LogP contribution is -2.35. The van der Waals surface area contributed by atoms with Crippen molar-refractivity contribution in [3.8, 4) is 6.07 Å². The van der Waals surface area contributed by atoms with E-state index in [2.05, 4.69) is 34.0 Å². The van der Waals surface area contributed by atoms with Crippen molar-refractivity contribution < 1.29 is 19.4 Å². The fourth-order valence-corrected chi connectivity index (χ4v) is 3.85. The molecule has 1 unspecified atom stereocenters. The van der Waals surface area contributed by atoms with Crippen molar-refractivity contribution >= 4 is 34.5 Å². The highest BCUT2D eigenvalue weighted by molar-refractivity contribution is 14.1. The van der Waals surface area contributed by atoms with E-state index >= 15 is 0 Å². The largest absolute Gasteiger partial charge is 0.478 e. The smallest absolute Gasteiger partial charge is 0.337 e. The Bertz CT molecular complexity index is 909. The summed E-state index contributed by atoms with van der Waals surface area (Å²) in [5.41, 5.74) is 1.33. The Labute approximate surface area is 178 Å². The van der Waals surface area contributed by atoms with Crippen molar-refractivity contribution in [2.24, 2.45) is 0 Å². The van der Waals surface area contributed by atoms with Crippen LogP contribution >= 0.6 is 22.6 Å². The van der Waals surface area contributed by atoms with E-state index in [0.29, 0.717) is 23.4 Å². The summed E-state index contributed by atoms with van der Waals surface area (Å²) in [6.45, 7) is 6.91. The van der Waals surface area contributed by atoms with E-state index in [1.165, 1.54) is 0 Å². The molecule has 6 nitrogen and oxygen atoms in total. The predicted molar refractivity (Wildman–Crippen MR) is 113 cm³/mol. The first-order chi connectivity index (χ1) is 13.1. The Kier molecular flexibility index (Phi) is 6.88. The average molecular weight is 494 g/mol. The van der Waals surface area contributed by atoms with Crippen LogP contribution in [0.25, 0.3) is 0 Å². The maximum atomic E-state index is 13.1. The van der Waals surface area contributed by atoms with E-state index in [9.17, 15) is 14.7 Å². The first kappa shape index (κ1) is 22.0. The highest BCUT2D eigenvalue weighted by Crippen LogP contribution is 2.39. The lowest BCUT2D eigenvalue weighted by atomic mass is 9.80. The molecule has 0 radical (unpaired) electrons. The first-order valence-corrected chi connectivity index (χ1v) is 9.93. The normalized spacial score (nSPS) is 17.1. The average Bonchev–Trinajstić information content (AvgIpc) is 2.58. The van der Waals surface area contributed by atoms with Gasteiger partial charge in [-0.05, 0) is 74.4 Å². The molecule has 1 aliphatic rings. The van der Waals surface area contributed by atoms with Crippen LogP contribution in [0.3, 0.4) is 0 Å². The summed E-state index contributed by atoms with van der Waals surface area (Å²) in [6.07, 6.45) is 0.653. The summed E-state index contributed by atoms with van der Waals surface area (Å²) in [6, 6.07) is 9.48. The predicted octanol–water partition coefficient (Wildman–Crippen LogP) is 4.24. The Balaban J connectivity index is 2.53. The van der Waals surface area contributed by atoms with Gasteiger partial charge in [-0.1, -0.05) is 12.1 Å². The second-order valence-electron chi connectivity index (χ2n) is 7.30. The van der Waals surface area contributed by atoms with Gasteiger partial charge in [-0.25, -0.2) is 9.59 Å². The Morgan fingerprint density at radius 3 is 2.50 bits per heavy atom. The molecule has 1 aliphatic heterocycles. The van der Waals surface area contributed by atoms with E-state index in [1.807, 2.05) is 24.3 Å². The van der Waals surface area contributed by atoms with Gasteiger partial charge in [-0.2, -0.15) is 5.26 Å². The van der Waals surface area contributed by atoms with Crippen LogP contribution < -0.4 is 5.32 Å². The lowest BCUT2D eigenvalue weighted by Gasteiger charge is -2.32. The molecule has 0 aromatic heterocycles. The molecule has 7 heteroatoms. The molecule has 1 atom stereocenters. The maximum absolute atomic E-state index is 13.1. The van der Waals surface area contributed by atoms with Crippen LogP contribution in [0.15, 0.2) is 46.8 Å². The lowest BCUT2D eigenvalue weighted by molar-refractivity contribution is -0.152. The summed E-state index contributed by atoms with van der Waals surface area (Å²) < 4.78 is 6.63. The molecular formula is C21H23IN2O4. The van der Waals surface area contributed by atoms with Gasteiger partial charge in [0.25, 0.3) is 0 Å². The van der Waals surface area contributed by atoms with Crippen LogP contribution in [-0.2, 0) is 14.3 Å². The van der Waals surface area contributed by atoms with Crippen LogP contribution in [0.5, 0.6) is 0 Å². The molecule has 2 N–H and O–H groups in total. The molecule has 0 bridgehead atoms. The highest BCUT2D eigenvalue weighted by Gasteiger charge is 2.38. The third kappa shape index (κ3) is 4.93. The standard InChI is InChI=1S/C21H23IN2O4/c1-12-16(19(25)26)18(14-7-5-8-15(22)11-14)17(13(2)24-12)20(27)28-21(3,4)9-6-10-23/h5,7-8,11,18,24H,6,9H2,1-4H3,(H,25,26). The quantitative estimate of drug-likeness (QED) is 0.454. The summed E-state index contributed by atoms with van der Waals surface area (Å²) in [5.74, 6) is -2.41. The molecule has 0 aliphatic carbocycles. The zero-order valence-electron chi connectivity index (χ0n) is 16.3. The monoisotopic (exact) mass is 494 g/mol. The fourth-order valence-electron chi connectivity index (χ4n) is 3.28. The molecule has 0 spiro atoms. The molecule has 0 fully saturated rings. The molecule has 0 amide bonds. The van der Waals surface area contributed by atoms with E-state index < -0.39 is 23.5 Å². The Morgan fingerprint density at radius 1 is 1.29 bits per heavy atom. The number of benzene rings is 1. The summed E-state index contributed by atoms with van der Waals surface area (Å²) >= 11 is 2.16. The summed E-state index contributed by atoms with van der Waals surface area (Å²) in [5, 5.41) is 21.7. The number of nitriles is 1. The van der Waals surface area contributed by atoms with Gasteiger partial charge < -0.3 is 15.2 Å². The number of allylic oxidation sites excluding steroid dienone is 2. The van der Waals surface area contributed by atoms with Gasteiger partial charge in [0, 0.05) is 21.4 Å². The van der Waals surface area contributed by atoms with E-state index in [0.717, 1.165) is 3.57 Å². The van der Waals surface area contributed by atoms with Gasteiger partial charge in [0.15, 0.2) is 0 Å². The van der Waals surface area contributed by atoms with Crippen molar-refractivity contribution in [2.45, 2.75) is 52.1 Å². The third-order valence-corrected chi connectivity index (χ3v) is 5.27. The van der Waals surface area contributed by atoms with Crippen molar-refractivity contribution in [1.29, 1.82) is 5.26 Å². The Hall–Kier alpha value is -2.34. The number of aliphatic carboxylic acids is 1. The number of nitrogens with one attached hydrogen (secondary N) is 1. The number of carboxylic acids is 1. The summed E-state index contributed by atoms with van der Waals surface area (Å²) in [7, 11) is 0. The zero-order valence-corrected chi connectivity index (χ0v) is 18.5. The topological polar surface area (TPSA) is 99.4 Å². The number of hydrogen-bond acceptors (Lipinski definition) is 5. The number of carboxylic acid groups (broad SMARTS) is 1. The van der Waals surface area contributed by atoms with Crippen molar-refractivity contribution in [3.05, 3.63) is 55.9 Å². The molecule has 148 valence electrons. The van der Waals surface area contributed by atoms with Gasteiger partial charge in [0.05, 0.1) is 23.1 Å². The van der Waals surface area contributed by atoms with E-state index in [4.69, 9.17) is 10.00 Å². The molecule has 0 saturated heterocycles. The molecule has 28 heavy (non-hydrogen) atoms. The molecule has 0 saturated carbocycles. The summed E-state index contributed by atoms with van der Waals surface area (Å²) in [4.78, 5) is 25.1. The minimum absolute atomic E-state index is 0.120. The minimum Gasteiger partial charge on any atom is -0.478 e. The van der Waals surface area contributed by atoms with Crippen LogP contribution in [-0.4, -0.2) is 22.6 Å². The maximum Gasteiger partial charge on any atom is 0.337 e. The zero-order chi connectivity index (χ0) is 21.1. The van der Waals surface area contributed by atoms with Crippen molar-refractivity contribution in [3.63, 3.8) is 0 Å². The van der Waals surface area contributed by atoms with Gasteiger partial charge in [0.1, 0.15) is 5.60 Å². The second-order valence-corrected chi connectivity index (χ2v) is 8.55. The van der Waals surface area contributed by atoms with Gasteiger partial charge in [-0.3, -0.25) is 0 Å². The van der Waals surface area contributed by atoms with Crippen LogP contribution in [0.1, 0.15) is 52.0 Å². The van der Waals surface area contributed by atoms with E-state index in [1.54, 1.807) is 27.7 Å². The number of ether oxygens (including phenoxy) is 1. The number of rotatable bonds is 6. The number of carbonyl (C=O) groups is 2. The first-order valence-electron chi connectivity index (χ1n) is 8.85. The molecular weight excluding hydrogens is 471 g/mol. The molecule has 1 aromatic carbocycles. The number of nitrogens with zero attached hydrogens (tertiary/aromatic N) is 1. The van der Waals surface area contributed by atoms with Crippen LogP contribution in [0, 0.1) is 14.9 Å². The van der Waals surface area contributed by atoms with Gasteiger partial charge in [0.2, 0.25) is 0 Å². The van der Waals surface area contributed by atoms with Crippen LogP contribution in [0.2, 0.25) is 0 Å². The number of dihydropyridines is 1. The number of hydrogen-bond donors (Lipinski definition) is 2. The van der Waals surface area contributed by atoms with Crippen molar-refractivity contribution in [1.82, 2.24) is 5.32 Å². The van der Waals surface area contributed by atoms with Crippen molar-refractivity contribution in [2.75, 3.05) is 0 Å². The SMILES string of the molecule is CC1=C(C(=O)O)C(c2cccc(I)c2)C(C(=O)OC(C)(C)CCC#N)=C(C)N1. The molecule has 1 aromatic rings. The number of carbonyl (C=O) groups excluding carboxylic acids is 1. The molecule has 2 rings (SSSR count). The molecule has 1 heterocycles. The number of halogens is 1. The minimum atomic E-state index is -1.09. The van der Waals surface area contributed by atoms with Gasteiger partial charge >= 0.3 is 11.9 Å². The Morgan fingerprint density at radius 2 is 1.93 bits per heavy atom. The highest BCUT2D eigenvalue weighted by atomic mass is 127. The van der Waals surface area contributed by atoms with Gasteiger partial charge in [-0.15, -0.1) is 0 Å². The fraction of sp³-hybridized carbons (Fsp3) is 0.381. The third-order valence-electron chi connectivity index (χ3n) is 4.60. The van der Waals surface area contributed by atoms with E-state index in [-0.39, 0.29) is 17.6 Å². The second kappa shape index (κ2) is 8.78.